The molecule has 7 heteroatoms. The molecule has 1 saturated heterocycles. The molecule has 0 radical (unpaired) electrons. The van der Waals surface area contributed by atoms with Crippen LogP contribution in [0.4, 0.5) is 0 Å². The van der Waals surface area contributed by atoms with Gasteiger partial charge in [0.25, 0.3) is 5.91 Å². The van der Waals surface area contributed by atoms with Gasteiger partial charge in [-0.1, -0.05) is 11.6 Å². The van der Waals surface area contributed by atoms with E-state index in [0.29, 0.717) is 17.2 Å². The van der Waals surface area contributed by atoms with Crippen molar-refractivity contribution in [2.75, 3.05) is 25.2 Å². The molecular formula is C13H16ClNO4S. The standard InChI is InChI=1S/C13H16ClNO4S/c1-15(11-6-7-20(17,18)9-11)13(16)8-19-12-4-2-10(14)3-5-12/h2-5,11H,6-9H2,1H3/t11-/m1/s1. The SMILES string of the molecule is CN(C(=O)COc1ccc(Cl)cc1)[C@@H]1CCS(=O)(=O)C1. The van der Waals surface area contributed by atoms with Gasteiger partial charge in [0.2, 0.25) is 0 Å². The van der Waals surface area contributed by atoms with E-state index < -0.39 is 9.84 Å². The average Bonchev–Trinajstić information content (AvgIpc) is 2.77. The van der Waals surface area contributed by atoms with Crippen LogP contribution < -0.4 is 4.74 Å². The van der Waals surface area contributed by atoms with E-state index in [4.69, 9.17) is 16.3 Å². The van der Waals surface area contributed by atoms with Crippen LogP contribution in [0, 0.1) is 0 Å². The second kappa shape index (κ2) is 6.01. The topological polar surface area (TPSA) is 63.7 Å². The van der Waals surface area contributed by atoms with Gasteiger partial charge in [0, 0.05) is 18.1 Å². The van der Waals surface area contributed by atoms with E-state index in [1.54, 1.807) is 31.3 Å². The molecule has 0 aromatic heterocycles. The van der Waals surface area contributed by atoms with E-state index in [0.717, 1.165) is 0 Å². The first-order valence-electron chi connectivity index (χ1n) is 6.22. The number of likely N-dealkylation sites (N-methyl/N-ethyl adjacent to an activating group) is 1. The zero-order chi connectivity index (χ0) is 14.8. The number of carbonyl (C=O) groups excluding carboxylic acids is 1. The molecular weight excluding hydrogens is 302 g/mol. The highest BCUT2D eigenvalue weighted by Crippen LogP contribution is 2.18. The molecule has 0 aliphatic carbocycles. The molecule has 0 N–H and O–H groups in total. The number of amides is 1. The maximum atomic E-state index is 12.0. The quantitative estimate of drug-likeness (QED) is 0.841. The zero-order valence-electron chi connectivity index (χ0n) is 11.1. The molecule has 20 heavy (non-hydrogen) atoms. The van der Waals surface area contributed by atoms with Crippen LogP contribution in [0.2, 0.25) is 5.02 Å². The Labute approximate surface area is 123 Å². The van der Waals surface area contributed by atoms with Crippen molar-refractivity contribution in [3.63, 3.8) is 0 Å². The Morgan fingerprint density at radius 1 is 1.40 bits per heavy atom. The lowest BCUT2D eigenvalue weighted by Gasteiger charge is -2.23. The number of sulfone groups is 1. The van der Waals surface area contributed by atoms with Crippen molar-refractivity contribution >= 4 is 27.3 Å². The fourth-order valence-electron chi connectivity index (χ4n) is 2.06. The normalized spacial score (nSPS) is 20.6. The highest BCUT2D eigenvalue weighted by atomic mass is 35.5. The van der Waals surface area contributed by atoms with Crippen molar-refractivity contribution < 1.29 is 17.9 Å². The van der Waals surface area contributed by atoms with Gasteiger partial charge in [-0.25, -0.2) is 8.42 Å². The molecule has 1 aliphatic heterocycles. The Bertz CT molecular complexity index is 585. The Balaban J connectivity index is 1.87. The molecule has 1 fully saturated rings. The van der Waals surface area contributed by atoms with Gasteiger partial charge in [-0.15, -0.1) is 0 Å². The van der Waals surface area contributed by atoms with Crippen molar-refractivity contribution in [3.05, 3.63) is 29.3 Å². The minimum atomic E-state index is -3.00. The van der Waals surface area contributed by atoms with Crippen molar-refractivity contribution in [2.45, 2.75) is 12.5 Å². The molecule has 1 aliphatic rings. The first-order valence-corrected chi connectivity index (χ1v) is 8.42. The summed E-state index contributed by atoms with van der Waals surface area (Å²) < 4.78 is 28.2. The molecule has 5 nitrogen and oxygen atoms in total. The second-order valence-electron chi connectivity index (χ2n) is 4.80. The Hall–Kier alpha value is -1.27. The van der Waals surface area contributed by atoms with Crippen LogP contribution in [0.15, 0.2) is 24.3 Å². The van der Waals surface area contributed by atoms with Crippen LogP contribution in [0.5, 0.6) is 5.75 Å². The lowest BCUT2D eigenvalue weighted by molar-refractivity contribution is -0.133. The minimum absolute atomic E-state index is 0.0379. The van der Waals surface area contributed by atoms with Gasteiger partial charge in [-0.05, 0) is 30.7 Å². The third kappa shape index (κ3) is 3.86. The van der Waals surface area contributed by atoms with Gasteiger partial charge in [0.05, 0.1) is 11.5 Å². The van der Waals surface area contributed by atoms with Crippen molar-refractivity contribution in [2.24, 2.45) is 0 Å². The van der Waals surface area contributed by atoms with Crippen LogP contribution in [0.1, 0.15) is 6.42 Å². The number of rotatable bonds is 4. The summed E-state index contributed by atoms with van der Waals surface area (Å²) in [6.45, 7) is -0.116. The molecule has 1 heterocycles. The monoisotopic (exact) mass is 317 g/mol. The first-order chi connectivity index (χ1) is 9.37. The molecule has 0 spiro atoms. The van der Waals surface area contributed by atoms with Gasteiger partial charge in [0.1, 0.15) is 5.75 Å². The van der Waals surface area contributed by atoms with Crippen molar-refractivity contribution in [3.8, 4) is 5.75 Å². The lowest BCUT2D eigenvalue weighted by atomic mass is 10.2. The summed E-state index contributed by atoms with van der Waals surface area (Å²) in [5, 5.41) is 0.594. The van der Waals surface area contributed by atoms with Gasteiger partial charge in [-0.2, -0.15) is 0 Å². The summed E-state index contributed by atoms with van der Waals surface area (Å²) in [6.07, 6.45) is 0.492. The Morgan fingerprint density at radius 2 is 2.05 bits per heavy atom. The smallest absolute Gasteiger partial charge is 0.260 e. The van der Waals surface area contributed by atoms with Gasteiger partial charge < -0.3 is 9.64 Å². The molecule has 0 unspecified atom stereocenters. The maximum absolute atomic E-state index is 12.0. The Kier molecular flexibility index (Phi) is 4.55. The number of benzene rings is 1. The molecule has 110 valence electrons. The summed E-state index contributed by atoms with van der Waals surface area (Å²) in [5.41, 5.74) is 0. The van der Waals surface area contributed by atoms with E-state index in [9.17, 15) is 13.2 Å². The van der Waals surface area contributed by atoms with Gasteiger partial charge in [0.15, 0.2) is 16.4 Å². The molecule has 1 aromatic carbocycles. The summed E-state index contributed by atoms with van der Waals surface area (Å²) in [6, 6.07) is 6.45. The van der Waals surface area contributed by atoms with Crippen LogP contribution in [-0.2, 0) is 14.6 Å². The molecule has 1 atom stereocenters. The third-order valence-corrected chi connectivity index (χ3v) is 5.33. The largest absolute Gasteiger partial charge is 0.484 e. The van der Waals surface area contributed by atoms with E-state index >= 15 is 0 Å². The molecule has 0 saturated carbocycles. The number of hydrogen-bond donors (Lipinski definition) is 0. The first kappa shape index (κ1) is 15.1. The van der Waals surface area contributed by atoms with E-state index in [-0.39, 0.29) is 30.1 Å². The van der Waals surface area contributed by atoms with Gasteiger partial charge in [-0.3, -0.25) is 4.79 Å². The van der Waals surface area contributed by atoms with Crippen LogP contribution in [0.25, 0.3) is 0 Å². The number of carbonyl (C=O) groups is 1. The zero-order valence-corrected chi connectivity index (χ0v) is 12.7. The molecule has 1 aromatic rings. The summed E-state index contributed by atoms with van der Waals surface area (Å²) in [5.74, 6) is 0.501. The minimum Gasteiger partial charge on any atom is -0.484 e. The van der Waals surface area contributed by atoms with Gasteiger partial charge >= 0.3 is 0 Å². The number of ether oxygens (including phenoxy) is 1. The summed E-state index contributed by atoms with van der Waals surface area (Å²) in [7, 11) is -1.39. The van der Waals surface area contributed by atoms with Crippen LogP contribution in [0.3, 0.4) is 0 Å². The number of nitrogens with zero attached hydrogens (tertiary/aromatic N) is 1. The van der Waals surface area contributed by atoms with Crippen LogP contribution >= 0.6 is 11.6 Å². The highest BCUT2D eigenvalue weighted by Gasteiger charge is 2.32. The lowest BCUT2D eigenvalue weighted by Crippen LogP contribution is -2.40. The average molecular weight is 318 g/mol. The van der Waals surface area contributed by atoms with Crippen molar-refractivity contribution in [1.29, 1.82) is 0 Å². The Morgan fingerprint density at radius 3 is 2.60 bits per heavy atom. The fourth-order valence-corrected chi connectivity index (χ4v) is 3.96. The van der Waals surface area contributed by atoms with E-state index in [2.05, 4.69) is 0 Å². The number of halogens is 1. The van der Waals surface area contributed by atoms with Crippen LogP contribution in [-0.4, -0.2) is 50.4 Å². The molecule has 1 amide bonds. The predicted molar refractivity (Wildman–Crippen MR) is 76.8 cm³/mol. The summed E-state index contributed by atoms with van der Waals surface area (Å²) >= 11 is 5.75. The van der Waals surface area contributed by atoms with Crippen molar-refractivity contribution in [1.82, 2.24) is 4.90 Å². The predicted octanol–water partition coefficient (Wildman–Crippen LogP) is 1.36. The summed E-state index contributed by atoms with van der Waals surface area (Å²) in [4.78, 5) is 13.4. The molecule has 0 bridgehead atoms. The molecule has 2 rings (SSSR count). The second-order valence-corrected chi connectivity index (χ2v) is 7.47. The third-order valence-electron chi connectivity index (χ3n) is 3.33. The fraction of sp³-hybridized carbons (Fsp3) is 0.462. The number of hydrogen-bond acceptors (Lipinski definition) is 4. The maximum Gasteiger partial charge on any atom is 0.260 e. The van der Waals surface area contributed by atoms with E-state index in [1.807, 2.05) is 0 Å². The van der Waals surface area contributed by atoms with E-state index in [1.165, 1.54) is 4.90 Å². The highest BCUT2D eigenvalue weighted by molar-refractivity contribution is 7.91.